The summed E-state index contributed by atoms with van der Waals surface area (Å²) in [7, 11) is 0. The van der Waals surface area contributed by atoms with Crippen LogP contribution in [0.15, 0.2) is 0 Å². The normalized spacial score (nSPS) is 26.5. The summed E-state index contributed by atoms with van der Waals surface area (Å²) in [6.45, 7) is 9.34. The molecule has 5 heteroatoms. The Bertz CT molecular complexity index is 409. The van der Waals surface area contributed by atoms with E-state index in [1.807, 2.05) is 0 Å². The lowest BCUT2D eigenvalue weighted by molar-refractivity contribution is -0.124. The van der Waals surface area contributed by atoms with Gasteiger partial charge in [0.05, 0.1) is 0 Å². The first-order chi connectivity index (χ1) is 10.7. The molecule has 2 amide bonds. The smallest absolute Gasteiger partial charge is 0.404 e. The van der Waals surface area contributed by atoms with Crippen LogP contribution in [0.5, 0.6) is 0 Å². The molecular weight excluding hydrogens is 292 g/mol. The quantitative estimate of drug-likeness (QED) is 0.591. The zero-order valence-corrected chi connectivity index (χ0v) is 15.2. The zero-order valence-electron chi connectivity index (χ0n) is 15.2. The van der Waals surface area contributed by atoms with E-state index in [-0.39, 0.29) is 22.8 Å². The highest BCUT2D eigenvalue weighted by Crippen LogP contribution is 2.47. The van der Waals surface area contributed by atoms with Gasteiger partial charge in [0.2, 0.25) is 5.91 Å². The van der Waals surface area contributed by atoms with Crippen LogP contribution in [0.3, 0.4) is 0 Å². The molecule has 0 aromatic carbocycles. The minimum Gasteiger partial charge on any atom is -0.465 e. The summed E-state index contributed by atoms with van der Waals surface area (Å²) in [5.74, 6) is 0.0933. The van der Waals surface area contributed by atoms with E-state index >= 15 is 0 Å². The maximum Gasteiger partial charge on any atom is 0.404 e. The van der Waals surface area contributed by atoms with E-state index in [0.29, 0.717) is 6.42 Å². The lowest BCUT2D eigenvalue weighted by atomic mass is 9.61. The van der Waals surface area contributed by atoms with E-state index in [9.17, 15) is 9.59 Å². The fraction of sp³-hybridized carbons (Fsp3) is 0.889. The van der Waals surface area contributed by atoms with Gasteiger partial charge in [0.1, 0.15) is 0 Å². The minimum absolute atomic E-state index is 0.0432. The average Bonchev–Trinajstić information content (AvgIpc) is 2.34. The Balaban J connectivity index is 2.51. The molecule has 1 fully saturated rings. The monoisotopic (exact) mass is 326 g/mol. The van der Waals surface area contributed by atoms with Crippen molar-refractivity contribution in [3.05, 3.63) is 0 Å². The van der Waals surface area contributed by atoms with E-state index < -0.39 is 6.09 Å². The number of hydrogen-bond acceptors (Lipinski definition) is 2. The van der Waals surface area contributed by atoms with Gasteiger partial charge in [-0.25, -0.2) is 4.79 Å². The van der Waals surface area contributed by atoms with Crippen LogP contribution in [-0.2, 0) is 4.79 Å². The van der Waals surface area contributed by atoms with Gasteiger partial charge in [-0.1, -0.05) is 47.0 Å². The molecule has 23 heavy (non-hydrogen) atoms. The van der Waals surface area contributed by atoms with E-state index in [2.05, 4.69) is 38.3 Å². The number of hydrogen-bond donors (Lipinski definition) is 3. The molecule has 1 saturated carbocycles. The van der Waals surface area contributed by atoms with Gasteiger partial charge in [0, 0.05) is 19.0 Å². The largest absolute Gasteiger partial charge is 0.465 e. The molecule has 1 rings (SSSR count). The molecule has 1 aliphatic rings. The Morgan fingerprint density at radius 1 is 1.13 bits per heavy atom. The third kappa shape index (κ3) is 7.71. The average molecular weight is 326 g/mol. The summed E-state index contributed by atoms with van der Waals surface area (Å²) >= 11 is 0. The third-order valence-electron chi connectivity index (χ3n) is 4.71. The summed E-state index contributed by atoms with van der Waals surface area (Å²) in [5.41, 5.74) is -0.107. The SMILES string of the molecule is CCCCCCNC(=O)CC1(C)CC(NC(=O)O)CC(C)(C)C1. The highest BCUT2D eigenvalue weighted by molar-refractivity contribution is 5.76. The first kappa shape index (κ1) is 19.8. The van der Waals surface area contributed by atoms with Crippen molar-refractivity contribution in [3.8, 4) is 0 Å². The van der Waals surface area contributed by atoms with Crippen LogP contribution >= 0.6 is 0 Å². The molecule has 0 saturated heterocycles. The summed E-state index contributed by atoms with van der Waals surface area (Å²) in [6.07, 6.45) is 6.60. The maximum atomic E-state index is 12.2. The highest BCUT2D eigenvalue weighted by Gasteiger charge is 2.42. The fourth-order valence-electron chi connectivity index (χ4n) is 4.27. The zero-order chi connectivity index (χ0) is 17.5. The van der Waals surface area contributed by atoms with Crippen LogP contribution in [0, 0.1) is 10.8 Å². The molecule has 0 aromatic rings. The molecule has 0 radical (unpaired) electrons. The van der Waals surface area contributed by atoms with Gasteiger partial charge in [-0.15, -0.1) is 0 Å². The van der Waals surface area contributed by atoms with Crippen LogP contribution in [-0.4, -0.2) is 29.7 Å². The van der Waals surface area contributed by atoms with E-state index in [0.717, 1.165) is 38.6 Å². The number of carboxylic acid groups (broad SMARTS) is 1. The summed E-state index contributed by atoms with van der Waals surface area (Å²) in [6, 6.07) is -0.0707. The Labute approximate surface area is 140 Å². The molecule has 3 N–H and O–H groups in total. The Morgan fingerprint density at radius 3 is 2.43 bits per heavy atom. The number of unbranched alkanes of at least 4 members (excludes halogenated alkanes) is 3. The van der Waals surface area contributed by atoms with Crippen LogP contribution in [0.4, 0.5) is 4.79 Å². The molecule has 5 nitrogen and oxygen atoms in total. The van der Waals surface area contributed by atoms with Gasteiger partial charge in [-0.3, -0.25) is 4.79 Å². The van der Waals surface area contributed by atoms with Crippen molar-refractivity contribution in [1.82, 2.24) is 10.6 Å². The van der Waals surface area contributed by atoms with Gasteiger partial charge in [-0.05, 0) is 36.5 Å². The molecule has 0 aliphatic heterocycles. The van der Waals surface area contributed by atoms with Crippen LogP contribution < -0.4 is 10.6 Å². The van der Waals surface area contributed by atoms with Crippen molar-refractivity contribution >= 4 is 12.0 Å². The lowest BCUT2D eigenvalue weighted by Crippen LogP contribution is -2.47. The van der Waals surface area contributed by atoms with E-state index in [1.165, 1.54) is 12.8 Å². The summed E-state index contributed by atoms with van der Waals surface area (Å²) < 4.78 is 0. The Morgan fingerprint density at radius 2 is 1.83 bits per heavy atom. The first-order valence-electron chi connectivity index (χ1n) is 8.92. The number of nitrogens with one attached hydrogen (secondary N) is 2. The van der Waals surface area contributed by atoms with Gasteiger partial charge in [0.15, 0.2) is 0 Å². The van der Waals surface area contributed by atoms with Crippen LogP contribution in [0.1, 0.15) is 79.1 Å². The van der Waals surface area contributed by atoms with Crippen molar-refractivity contribution in [2.45, 2.75) is 85.1 Å². The standard InChI is InChI=1S/C18H34N2O3/c1-5-6-7-8-9-19-15(21)12-18(4)11-14(20-16(22)23)10-17(2,3)13-18/h14,20H,5-13H2,1-4H3,(H,19,21)(H,22,23). The third-order valence-corrected chi connectivity index (χ3v) is 4.71. The van der Waals surface area contributed by atoms with Crippen molar-refractivity contribution in [3.63, 3.8) is 0 Å². The second kappa shape index (κ2) is 8.55. The Kier molecular flexibility index (Phi) is 7.36. The van der Waals surface area contributed by atoms with Gasteiger partial charge in [-0.2, -0.15) is 0 Å². The second-order valence-corrected chi connectivity index (χ2v) is 8.29. The van der Waals surface area contributed by atoms with Crippen molar-refractivity contribution in [2.24, 2.45) is 10.8 Å². The molecule has 1 aliphatic carbocycles. The molecule has 2 atom stereocenters. The van der Waals surface area contributed by atoms with Gasteiger partial charge >= 0.3 is 6.09 Å². The molecule has 134 valence electrons. The number of amides is 2. The molecule has 0 heterocycles. The predicted octanol–water partition coefficient (Wildman–Crippen LogP) is 3.93. The summed E-state index contributed by atoms with van der Waals surface area (Å²) in [5, 5.41) is 14.6. The van der Waals surface area contributed by atoms with E-state index in [1.54, 1.807) is 0 Å². The fourth-order valence-corrected chi connectivity index (χ4v) is 4.27. The molecular formula is C18H34N2O3. The second-order valence-electron chi connectivity index (χ2n) is 8.29. The van der Waals surface area contributed by atoms with Gasteiger partial charge in [0.25, 0.3) is 0 Å². The lowest BCUT2D eigenvalue weighted by Gasteiger charge is -2.46. The maximum absolute atomic E-state index is 12.2. The number of rotatable bonds is 8. The number of carbonyl (C=O) groups excluding carboxylic acids is 1. The Hall–Kier alpha value is -1.26. The minimum atomic E-state index is -0.976. The molecule has 2 unspecified atom stereocenters. The first-order valence-corrected chi connectivity index (χ1v) is 8.92. The topological polar surface area (TPSA) is 78.4 Å². The summed E-state index contributed by atoms with van der Waals surface area (Å²) in [4.78, 5) is 23.2. The predicted molar refractivity (Wildman–Crippen MR) is 92.5 cm³/mol. The van der Waals surface area contributed by atoms with Crippen LogP contribution in [0.25, 0.3) is 0 Å². The van der Waals surface area contributed by atoms with Crippen molar-refractivity contribution in [2.75, 3.05) is 6.54 Å². The van der Waals surface area contributed by atoms with Crippen LogP contribution in [0.2, 0.25) is 0 Å². The van der Waals surface area contributed by atoms with Crippen molar-refractivity contribution in [1.29, 1.82) is 0 Å². The molecule has 0 aromatic heterocycles. The van der Waals surface area contributed by atoms with E-state index in [4.69, 9.17) is 5.11 Å². The van der Waals surface area contributed by atoms with Crippen molar-refractivity contribution < 1.29 is 14.7 Å². The molecule has 0 spiro atoms. The molecule has 0 bridgehead atoms. The van der Waals surface area contributed by atoms with Gasteiger partial charge < -0.3 is 15.7 Å². The number of carbonyl (C=O) groups is 2. The highest BCUT2D eigenvalue weighted by atomic mass is 16.4.